The molecule has 0 aromatic heterocycles. The van der Waals surface area contributed by atoms with E-state index in [1.165, 1.54) is 18.6 Å². The lowest BCUT2D eigenvalue weighted by molar-refractivity contribution is -0.137. The van der Waals surface area contributed by atoms with Crippen LogP contribution in [0.2, 0.25) is 0 Å². The molecule has 184 valence electrons. The molecule has 2 aromatic carbocycles. The fraction of sp³-hybridized carbons (Fsp3) is 0.519. The number of rotatable bonds is 5. The Kier molecular flexibility index (Phi) is 7.33. The fourth-order valence-electron chi connectivity index (χ4n) is 5.49. The van der Waals surface area contributed by atoms with Gasteiger partial charge in [0.05, 0.1) is 11.2 Å². The number of carbonyl (C=O) groups is 1. The lowest BCUT2D eigenvalue weighted by Gasteiger charge is -2.42. The summed E-state index contributed by atoms with van der Waals surface area (Å²) in [5.74, 6) is 1.32. The van der Waals surface area contributed by atoms with E-state index in [2.05, 4.69) is 22.9 Å². The predicted octanol–water partition coefficient (Wildman–Crippen LogP) is 5.62. The minimum atomic E-state index is -4.25. The molecular weight excluding hydrogens is 441 g/mol. The van der Waals surface area contributed by atoms with Gasteiger partial charge in [-0.3, -0.25) is 4.79 Å². The minimum absolute atomic E-state index is 0.103. The molecule has 3 aliphatic rings. The van der Waals surface area contributed by atoms with Crippen LogP contribution in [0, 0.1) is 11.8 Å². The van der Waals surface area contributed by atoms with Crippen molar-refractivity contribution in [1.29, 1.82) is 0 Å². The summed E-state index contributed by atoms with van der Waals surface area (Å²) in [5, 5.41) is 0. The zero-order valence-electron chi connectivity index (χ0n) is 19.9. The van der Waals surface area contributed by atoms with E-state index in [-0.39, 0.29) is 5.60 Å². The molecule has 2 atom stereocenters. The molecule has 0 spiro atoms. The molecule has 2 aromatic rings. The molecule has 2 saturated heterocycles. The molecule has 1 saturated carbocycles. The first-order chi connectivity index (χ1) is 16.2. The summed E-state index contributed by atoms with van der Waals surface area (Å²) < 4.78 is 43.4. The number of alkyl halides is 3. The second kappa shape index (κ2) is 10.1. The normalized spacial score (nSPS) is 23.6. The van der Waals surface area contributed by atoms with Gasteiger partial charge in [0.1, 0.15) is 6.29 Å². The van der Waals surface area contributed by atoms with Crippen LogP contribution in [0.3, 0.4) is 0 Å². The third kappa shape index (κ3) is 5.31. The van der Waals surface area contributed by atoms with E-state index in [0.29, 0.717) is 11.8 Å². The van der Waals surface area contributed by atoms with Crippen molar-refractivity contribution < 1.29 is 22.7 Å². The van der Waals surface area contributed by atoms with Crippen LogP contribution >= 0.6 is 0 Å². The van der Waals surface area contributed by atoms with E-state index in [1.807, 2.05) is 25.1 Å². The van der Waals surface area contributed by atoms with E-state index in [0.717, 1.165) is 68.7 Å². The van der Waals surface area contributed by atoms with E-state index in [4.69, 9.17) is 4.74 Å². The number of anilines is 1. The number of nitrogens with zero attached hydrogens (tertiary/aromatic N) is 2. The van der Waals surface area contributed by atoms with Gasteiger partial charge < -0.3 is 14.5 Å². The smallest absolute Gasteiger partial charge is 0.371 e. The molecule has 1 aliphatic carbocycles. The molecular formula is C27H33F3N2O2. The Balaban J connectivity index is 0.000000166. The first-order valence-corrected chi connectivity index (χ1v) is 12.0. The van der Waals surface area contributed by atoms with Crippen LogP contribution in [-0.2, 0) is 16.5 Å². The predicted molar refractivity (Wildman–Crippen MR) is 127 cm³/mol. The third-order valence-electron chi connectivity index (χ3n) is 7.36. The summed E-state index contributed by atoms with van der Waals surface area (Å²) in [6, 6.07) is 13.3. The van der Waals surface area contributed by atoms with Gasteiger partial charge >= 0.3 is 6.18 Å². The highest BCUT2D eigenvalue weighted by atomic mass is 19.4. The summed E-state index contributed by atoms with van der Waals surface area (Å²) in [5.41, 5.74) is 2.12. The van der Waals surface area contributed by atoms with Gasteiger partial charge in [-0.25, -0.2) is 0 Å². The van der Waals surface area contributed by atoms with Crippen LogP contribution in [0.4, 0.5) is 18.9 Å². The van der Waals surface area contributed by atoms with Crippen molar-refractivity contribution in [3.8, 4) is 0 Å². The van der Waals surface area contributed by atoms with E-state index >= 15 is 0 Å². The largest absolute Gasteiger partial charge is 0.416 e. The van der Waals surface area contributed by atoms with Crippen LogP contribution < -0.4 is 4.90 Å². The van der Waals surface area contributed by atoms with Crippen molar-refractivity contribution in [1.82, 2.24) is 4.90 Å². The van der Waals surface area contributed by atoms with Crippen molar-refractivity contribution in [2.24, 2.45) is 11.8 Å². The Morgan fingerprint density at radius 1 is 1.03 bits per heavy atom. The maximum atomic E-state index is 12.5. The summed E-state index contributed by atoms with van der Waals surface area (Å²) in [7, 11) is 2.13. The second-order valence-corrected chi connectivity index (χ2v) is 9.72. The maximum Gasteiger partial charge on any atom is 0.416 e. The molecule has 2 heterocycles. The van der Waals surface area contributed by atoms with Crippen LogP contribution in [0.5, 0.6) is 0 Å². The SMILES string of the molecule is CCOC1(c2cccc(C=O)c2)CCC1.CN1CC2CN(c3ccc(C(F)(F)F)cc3)CC2C1. The van der Waals surface area contributed by atoms with Gasteiger partial charge in [0.15, 0.2) is 0 Å². The Morgan fingerprint density at radius 3 is 2.18 bits per heavy atom. The van der Waals surface area contributed by atoms with Gasteiger partial charge in [0.25, 0.3) is 0 Å². The summed E-state index contributed by atoms with van der Waals surface area (Å²) in [4.78, 5) is 15.3. The highest BCUT2D eigenvalue weighted by Gasteiger charge is 2.40. The van der Waals surface area contributed by atoms with Crippen LogP contribution in [0.25, 0.3) is 0 Å². The average Bonchev–Trinajstić information content (AvgIpc) is 3.34. The molecule has 5 rings (SSSR count). The first-order valence-electron chi connectivity index (χ1n) is 12.0. The monoisotopic (exact) mass is 474 g/mol. The number of fused-ring (bicyclic) bond motifs is 1. The minimum Gasteiger partial charge on any atom is -0.371 e. The number of aldehydes is 1. The number of hydrogen-bond acceptors (Lipinski definition) is 4. The summed E-state index contributed by atoms with van der Waals surface area (Å²) >= 11 is 0. The van der Waals surface area contributed by atoms with Crippen molar-refractivity contribution in [3.63, 3.8) is 0 Å². The third-order valence-corrected chi connectivity index (χ3v) is 7.36. The van der Waals surface area contributed by atoms with Crippen molar-refractivity contribution in [2.45, 2.75) is 38.0 Å². The molecule has 0 radical (unpaired) electrons. The second-order valence-electron chi connectivity index (χ2n) is 9.72. The first kappa shape index (κ1) is 24.7. The van der Waals surface area contributed by atoms with E-state index in [1.54, 1.807) is 12.1 Å². The van der Waals surface area contributed by atoms with Crippen LogP contribution in [0.15, 0.2) is 48.5 Å². The van der Waals surface area contributed by atoms with Crippen molar-refractivity contribution in [2.75, 3.05) is 44.7 Å². The average molecular weight is 475 g/mol. The number of benzene rings is 2. The van der Waals surface area contributed by atoms with Gasteiger partial charge in [-0.2, -0.15) is 13.2 Å². The van der Waals surface area contributed by atoms with Gasteiger partial charge in [-0.15, -0.1) is 0 Å². The Bertz CT molecular complexity index is 959. The molecule has 0 amide bonds. The molecule has 2 aliphatic heterocycles. The lowest BCUT2D eigenvalue weighted by atomic mass is 9.74. The molecule has 3 fully saturated rings. The van der Waals surface area contributed by atoms with Gasteiger partial charge in [-0.1, -0.05) is 18.2 Å². The standard InChI is InChI=1S/C14H17F3N2.C13H16O2/c1-18-6-10-8-19(9-11(10)7-18)13-4-2-12(3-5-13)14(15,16)17;1-2-15-13(7-4-8-13)12-6-3-5-11(9-12)10-14/h2-5,10-11H,6-9H2,1H3;3,5-6,9-10H,2,4,7-8H2,1H3. The fourth-order valence-corrected chi connectivity index (χ4v) is 5.49. The number of carbonyl (C=O) groups excluding carboxylic acids is 1. The highest BCUT2D eigenvalue weighted by molar-refractivity contribution is 5.75. The quantitative estimate of drug-likeness (QED) is 0.527. The highest BCUT2D eigenvalue weighted by Crippen LogP contribution is 2.44. The Hall–Kier alpha value is -2.38. The Morgan fingerprint density at radius 2 is 1.68 bits per heavy atom. The van der Waals surface area contributed by atoms with Crippen LogP contribution in [0.1, 0.15) is 47.7 Å². The van der Waals surface area contributed by atoms with E-state index in [9.17, 15) is 18.0 Å². The molecule has 2 unspecified atom stereocenters. The maximum absolute atomic E-state index is 12.5. The summed E-state index contributed by atoms with van der Waals surface area (Å²) in [6.07, 6.45) is 0.00217. The lowest BCUT2D eigenvalue weighted by Crippen LogP contribution is -2.37. The van der Waals surface area contributed by atoms with E-state index < -0.39 is 11.7 Å². The molecule has 34 heavy (non-hydrogen) atoms. The molecule has 7 heteroatoms. The van der Waals surface area contributed by atoms with Crippen molar-refractivity contribution >= 4 is 12.0 Å². The molecule has 0 N–H and O–H groups in total. The number of likely N-dealkylation sites (tertiary alicyclic amines) is 1. The zero-order chi connectivity index (χ0) is 24.3. The topological polar surface area (TPSA) is 32.8 Å². The van der Waals surface area contributed by atoms with Gasteiger partial charge in [0.2, 0.25) is 0 Å². The number of halogens is 3. The Labute approximate surface area is 199 Å². The summed E-state index contributed by atoms with van der Waals surface area (Å²) in [6.45, 7) is 6.86. The van der Waals surface area contributed by atoms with Crippen molar-refractivity contribution in [3.05, 3.63) is 65.2 Å². The number of hydrogen-bond donors (Lipinski definition) is 0. The van der Waals surface area contributed by atoms with Gasteiger partial charge in [-0.05, 0) is 81.0 Å². The van der Waals surface area contributed by atoms with Crippen LogP contribution in [-0.4, -0.2) is 51.0 Å². The number of ether oxygens (including phenoxy) is 1. The zero-order valence-corrected chi connectivity index (χ0v) is 19.9. The molecule has 0 bridgehead atoms. The van der Waals surface area contributed by atoms with Gasteiger partial charge in [0, 0.05) is 44.0 Å². The molecule has 4 nitrogen and oxygen atoms in total.